The summed E-state index contributed by atoms with van der Waals surface area (Å²) in [6, 6.07) is 9.90. The van der Waals surface area contributed by atoms with Crippen molar-refractivity contribution in [2.75, 3.05) is 13.1 Å². The van der Waals surface area contributed by atoms with Crippen molar-refractivity contribution in [2.45, 2.75) is 13.8 Å². The van der Waals surface area contributed by atoms with E-state index in [0.29, 0.717) is 5.92 Å². The topological polar surface area (TPSA) is 42.7 Å². The highest BCUT2D eigenvalue weighted by molar-refractivity contribution is 5.43. The summed E-state index contributed by atoms with van der Waals surface area (Å²) < 4.78 is 0. The van der Waals surface area contributed by atoms with Crippen molar-refractivity contribution in [2.24, 2.45) is 5.92 Å². The third kappa shape index (κ3) is 4.34. The molecule has 0 atom stereocenters. The number of nitrogens with zero attached hydrogens (tertiary/aromatic N) is 3. The molecule has 1 aromatic heterocycles. The Hall–Kier alpha value is -1.94. The number of hydrogen-bond donors (Lipinski definition) is 1. The maximum Gasteiger partial charge on any atom is 0.106 e. The highest BCUT2D eigenvalue weighted by Gasteiger charge is 1.98. The first-order chi connectivity index (χ1) is 9.25. The maximum absolute atomic E-state index is 4.40. The predicted molar refractivity (Wildman–Crippen MR) is 78.1 cm³/mol. The zero-order valence-electron chi connectivity index (χ0n) is 11.5. The van der Waals surface area contributed by atoms with E-state index in [0.717, 1.165) is 24.5 Å². The molecular weight excluding hydrogens is 236 g/mol. The summed E-state index contributed by atoms with van der Waals surface area (Å²) in [4.78, 5) is 1.64. The molecule has 0 bridgehead atoms. The summed E-state index contributed by atoms with van der Waals surface area (Å²) in [6.45, 7) is 6.28. The highest BCUT2D eigenvalue weighted by atomic mass is 15.5. The molecule has 100 valence electrons. The lowest BCUT2D eigenvalue weighted by Gasteiger charge is -2.03. The van der Waals surface area contributed by atoms with E-state index < -0.39 is 0 Å². The van der Waals surface area contributed by atoms with E-state index in [2.05, 4.69) is 35.4 Å². The molecule has 0 radical (unpaired) electrons. The molecule has 19 heavy (non-hydrogen) atoms. The van der Waals surface area contributed by atoms with Crippen LogP contribution in [0.2, 0.25) is 0 Å². The summed E-state index contributed by atoms with van der Waals surface area (Å²) in [7, 11) is 0. The first-order valence-corrected chi connectivity index (χ1v) is 6.61. The molecule has 0 spiro atoms. The smallest absolute Gasteiger partial charge is 0.106 e. The number of benzene rings is 1. The Kier molecular flexibility index (Phi) is 4.86. The third-order valence-corrected chi connectivity index (χ3v) is 2.60. The van der Waals surface area contributed by atoms with Crippen molar-refractivity contribution >= 4 is 6.08 Å². The van der Waals surface area contributed by atoms with Gasteiger partial charge in [-0.25, -0.2) is 0 Å². The van der Waals surface area contributed by atoms with E-state index >= 15 is 0 Å². The van der Waals surface area contributed by atoms with Crippen molar-refractivity contribution in [3.8, 4) is 5.69 Å². The van der Waals surface area contributed by atoms with Crippen LogP contribution in [0.5, 0.6) is 0 Å². The predicted octanol–water partition coefficient (Wildman–Crippen LogP) is 2.53. The molecule has 2 aromatic rings. The molecule has 0 saturated carbocycles. The molecule has 4 nitrogen and oxygen atoms in total. The molecule has 1 N–H and O–H groups in total. The largest absolute Gasteiger partial charge is 0.313 e. The van der Waals surface area contributed by atoms with Crippen molar-refractivity contribution in [3.05, 3.63) is 48.3 Å². The van der Waals surface area contributed by atoms with Gasteiger partial charge in [-0.3, -0.25) is 0 Å². The first kappa shape index (κ1) is 13.5. The minimum absolute atomic E-state index is 0.673. The molecule has 1 aromatic carbocycles. The van der Waals surface area contributed by atoms with Gasteiger partial charge in [-0.15, -0.1) is 5.10 Å². The normalized spacial score (nSPS) is 11.5. The van der Waals surface area contributed by atoms with Gasteiger partial charge in [0, 0.05) is 6.54 Å². The van der Waals surface area contributed by atoms with Crippen LogP contribution < -0.4 is 5.32 Å². The molecule has 0 unspecified atom stereocenters. The van der Waals surface area contributed by atoms with Gasteiger partial charge in [0.25, 0.3) is 0 Å². The molecular formula is C15H20N4. The zero-order chi connectivity index (χ0) is 13.5. The van der Waals surface area contributed by atoms with Crippen LogP contribution in [0.1, 0.15) is 19.5 Å². The fourth-order valence-electron chi connectivity index (χ4n) is 1.67. The van der Waals surface area contributed by atoms with Crippen LogP contribution in [0.15, 0.2) is 42.6 Å². The number of para-hydroxylation sites is 1. The van der Waals surface area contributed by atoms with Gasteiger partial charge in [0.05, 0.1) is 11.9 Å². The monoisotopic (exact) mass is 256 g/mol. The lowest BCUT2D eigenvalue weighted by molar-refractivity contribution is 0.577. The Balaban J connectivity index is 1.89. The van der Waals surface area contributed by atoms with Crippen molar-refractivity contribution < 1.29 is 0 Å². The summed E-state index contributed by atoms with van der Waals surface area (Å²) >= 11 is 0. The van der Waals surface area contributed by atoms with Gasteiger partial charge in [-0.2, -0.15) is 9.90 Å². The number of aromatic nitrogens is 3. The first-order valence-electron chi connectivity index (χ1n) is 6.61. The van der Waals surface area contributed by atoms with Crippen molar-refractivity contribution in [1.29, 1.82) is 0 Å². The van der Waals surface area contributed by atoms with Crippen LogP contribution >= 0.6 is 0 Å². The molecule has 0 amide bonds. The van der Waals surface area contributed by atoms with Crippen LogP contribution in [0.3, 0.4) is 0 Å². The fraction of sp³-hybridized carbons (Fsp3) is 0.333. The van der Waals surface area contributed by atoms with E-state index in [9.17, 15) is 0 Å². The maximum atomic E-state index is 4.40. The lowest BCUT2D eigenvalue weighted by atomic mass is 10.2. The van der Waals surface area contributed by atoms with Crippen molar-refractivity contribution in [1.82, 2.24) is 20.3 Å². The fourth-order valence-corrected chi connectivity index (χ4v) is 1.67. The van der Waals surface area contributed by atoms with Gasteiger partial charge in [0.15, 0.2) is 0 Å². The minimum atomic E-state index is 0.673. The summed E-state index contributed by atoms with van der Waals surface area (Å²) in [5.74, 6) is 0.673. The van der Waals surface area contributed by atoms with Crippen LogP contribution in [-0.4, -0.2) is 28.1 Å². The Morgan fingerprint density at radius 3 is 2.79 bits per heavy atom. The summed E-state index contributed by atoms with van der Waals surface area (Å²) in [5.41, 5.74) is 1.84. The lowest BCUT2D eigenvalue weighted by Crippen LogP contribution is -2.19. The quantitative estimate of drug-likeness (QED) is 0.808. The zero-order valence-corrected chi connectivity index (χ0v) is 11.5. The van der Waals surface area contributed by atoms with Gasteiger partial charge in [0.1, 0.15) is 5.69 Å². The van der Waals surface area contributed by atoms with E-state index in [4.69, 9.17) is 0 Å². The van der Waals surface area contributed by atoms with E-state index in [-0.39, 0.29) is 0 Å². The van der Waals surface area contributed by atoms with E-state index in [1.165, 1.54) is 0 Å². The molecule has 4 heteroatoms. The standard InChI is InChI=1S/C15H20N4/c1-13(2)11-16-10-6-7-14-12-17-19(18-14)15-8-4-3-5-9-15/h3-9,12-13,16H,10-11H2,1-2H3. The third-order valence-electron chi connectivity index (χ3n) is 2.60. The Morgan fingerprint density at radius 2 is 2.05 bits per heavy atom. The molecule has 0 saturated heterocycles. The molecule has 2 rings (SSSR count). The Labute approximate surface area is 114 Å². The molecule has 0 aliphatic rings. The Morgan fingerprint density at radius 1 is 1.26 bits per heavy atom. The van der Waals surface area contributed by atoms with Crippen LogP contribution in [-0.2, 0) is 0 Å². The van der Waals surface area contributed by atoms with E-state index in [1.807, 2.05) is 36.4 Å². The summed E-state index contributed by atoms with van der Waals surface area (Å²) in [6.07, 6.45) is 5.83. The molecule has 0 aliphatic heterocycles. The summed E-state index contributed by atoms with van der Waals surface area (Å²) in [5, 5.41) is 12.0. The highest BCUT2D eigenvalue weighted by Crippen LogP contribution is 2.04. The minimum Gasteiger partial charge on any atom is -0.313 e. The van der Waals surface area contributed by atoms with Crippen LogP contribution in [0, 0.1) is 5.92 Å². The van der Waals surface area contributed by atoms with Gasteiger partial charge in [-0.05, 0) is 30.7 Å². The van der Waals surface area contributed by atoms with Gasteiger partial charge in [-0.1, -0.05) is 38.1 Å². The average molecular weight is 256 g/mol. The molecule has 1 heterocycles. The van der Waals surface area contributed by atoms with Gasteiger partial charge >= 0.3 is 0 Å². The number of hydrogen-bond acceptors (Lipinski definition) is 3. The number of nitrogens with one attached hydrogen (secondary N) is 1. The van der Waals surface area contributed by atoms with E-state index in [1.54, 1.807) is 11.0 Å². The van der Waals surface area contributed by atoms with Crippen molar-refractivity contribution in [3.63, 3.8) is 0 Å². The van der Waals surface area contributed by atoms with Gasteiger partial charge in [0.2, 0.25) is 0 Å². The average Bonchev–Trinajstić information content (AvgIpc) is 2.88. The second kappa shape index (κ2) is 6.85. The second-order valence-electron chi connectivity index (χ2n) is 4.85. The van der Waals surface area contributed by atoms with Gasteiger partial charge < -0.3 is 5.32 Å². The Bertz CT molecular complexity index is 514. The van der Waals surface area contributed by atoms with Crippen LogP contribution in [0.4, 0.5) is 0 Å². The van der Waals surface area contributed by atoms with Crippen LogP contribution in [0.25, 0.3) is 11.8 Å². The second-order valence-corrected chi connectivity index (χ2v) is 4.85. The molecule has 0 aliphatic carbocycles. The SMILES string of the molecule is CC(C)CNCC=Cc1cnn(-c2ccccc2)n1. The molecule has 0 fully saturated rings. The number of rotatable bonds is 6.